The molecule has 3 amide bonds. The van der Waals surface area contributed by atoms with Crippen LogP contribution in [0.4, 0.5) is 16.2 Å². The number of nitrogens with zero attached hydrogens (tertiary/aromatic N) is 2. The largest absolute Gasteiger partial charge is 0.490 e. The predicted molar refractivity (Wildman–Crippen MR) is 170 cm³/mol. The van der Waals surface area contributed by atoms with Crippen molar-refractivity contribution in [3.63, 3.8) is 0 Å². The SMILES string of the molecule is CCOc1cc(/C=C2/SC(=O)N(CC(=O)Nc3ccc(C(C)C)cc3)C2=O)cc(I)c1OCc1ccc([N+](=O)[O-])cc1. The summed E-state index contributed by atoms with van der Waals surface area (Å²) in [5, 5.41) is 13.1. The lowest BCUT2D eigenvalue weighted by Crippen LogP contribution is -2.36. The van der Waals surface area contributed by atoms with Crippen molar-refractivity contribution in [2.24, 2.45) is 0 Å². The van der Waals surface area contributed by atoms with Gasteiger partial charge in [0.05, 0.1) is 20.0 Å². The van der Waals surface area contributed by atoms with Gasteiger partial charge in [-0.25, -0.2) is 0 Å². The Morgan fingerprint density at radius 3 is 2.40 bits per heavy atom. The molecule has 1 aliphatic rings. The Hall–Kier alpha value is -3.91. The number of ether oxygens (including phenoxy) is 2. The van der Waals surface area contributed by atoms with Crippen molar-refractivity contribution in [3.05, 3.63) is 95.9 Å². The molecule has 0 spiro atoms. The fraction of sp³-hybridized carbons (Fsp3) is 0.233. The van der Waals surface area contributed by atoms with Crippen molar-refractivity contribution in [3.8, 4) is 11.5 Å². The average molecular weight is 702 g/mol. The van der Waals surface area contributed by atoms with E-state index < -0.39 is 28.5 Å². The van der Waals surface area contributed by atoms with Crippen LogP contribution in [-0.2, 0) is 16.2 Å². The molecule has 3 aromatic carbocycles. The smallest absolute Gasteiger partial charge is 0.294 e. The van der Waals surface area contributed by atoms with Crippen LogP contribution in [0.25, 0.3) is 6.08 Å². The van der Waals surface area contributed by atoms with Crippen molar-refractivity contribution < 1.29 is 28.8 Å². The Labute approximate surface area is 260 Å². The van der Waals surface area contributed by atoms with E-state index >= 15 is 0 Å². The van der Waals surface area contributed by atoms with Crippen LogP contribution in [0.5, 0.6) is 11.5 Å². The Kier molecular flexibility index (Phi) is 10.2. The fourth-order valence-corrected chi connectivity index (χ4v) is 5.65. The highest BCUT2D eigenvalue weighted by molar-refractivity contribution is 14.1. The highest BCUT2D eigenvalue weighted by Crippen LogP contribution is 2.38. The molecular weight excluding hydrogens is 673 g/mol. The van der Waals surface area contributed by atoms with Crippen LogP contribution >= 0.6 is 34.4 Å². The lowest BCUT2D eigenvalue weighted by molar-refractivity contribution is -0.384. The van der Waals surface area contributed by atoms with E-state index in [0.717, 1.165) is 27.8 Å². The molecule has 4 rings (SSSR count). The highest BCUT2D eigenvalue weighted by atomic mass is 127. The number of hydrogen-bond acceptors (Lipinski definition) is 8. The van der Waals surface area contributed by atoms with Gasteiger partial charge in [0.1, 0.15) is 13.2 Å². The van der Waals surface area contributed by atoms with Crippen molar-refractivity contribution >= 4 is 68.9 Å². The number of hydrogen-bond donors (Lipinski definition) is 1. The predicted octanol–water partition coefficient (Wildman–Crippen LogP) is 6.98. The number of nitro benzene ring substituents is 1. The summed E-state index contributed by atoms with van der Waals surface area (Å²) < 4.78 is 12.5. The molecule has 1 saturated heterocycles. The maximum Gasteiger partial charge on any atom is 0.294 e. The fourth-order valence-electron chi connectivity index (χ4n) is 4.03. The van der Waals surface area contributed by atoms with Crippen LogP contribution in [0.2, 0.25) is 0 Å². The van der Waals surface area contributed by atoms with Crippen LogP contribution in [0, 0.1) is 13.7 Å². The molecule has 1 aliphatic heterocycles. The van der Waals surface area contributed by atoms with E-state index in [1.54, 1.807) is 42.5 Å². The monoisotopic (exact) mass is 701 g/mol. The van der Waals surface area contributed by atoms with Gasteiger partial charge in [-0.05, 0) is 106 Å². The average Bonchev–Trinajstić information content (AvgIpc) is 3.20. The molecule has 0 atom stereocenters. The van der Waals surface area contributed by atoms with E-state index in [1.807, 2.05) is 19.1 Å². The van der Waals surface area contributed by atoms with E-state index in [-0.39, 0.29) is 17.2 Å². The first-order chi connectivity index (χ1) is 20.0. The topological polar surface area (TPSA) is 128 Å². The number of thioether (sulfide) groups is 1. The first-order valence-corrected chi connectivity index (χ1v) is 14.9. The van der Waals surface area contributed by atoms with E-state index in [0.29, 0.717) is 38.8 Å². The number of imide groups is 1. The number of carbonyl (C=O) groups excluding carboxylic acids is 3. The number of halogens is 1. The quantitative estimate of drug-likeness (QED) is 0.0983. The lowest BCUT2D eigenvalue weighted by Gasteiger charge is -2.15. The standard InChI is InChI=1S/C30H28IN3O7S/c1-4-40-25-14-20(13-24(31)28(25)41-17-19-5-11-23(12-6-19)34(38)39)15-26-29(36)33(30(37)42-26)16-27(35)32-22-9-7-21(8-10-22)18(2)3/h5-15,18H,4,16-17H2,1-3H3,(H,32,35)/b26-15+. The second-order valence-corrected chi connectivity index (χ2v) is 11.7. The molecule has 12 heteroatoms. The minimum Gasteiger partial charge on any atom is -0.490 e. The Bertz CT molecular complexity index is 1540. The highest BCUT2D eigenvalue weighted by Gasteiger charge is 2.36. The number of carbonyl (C=O) groups is 3. The summed E-state index contributed by atoms with van der Waals surface area (Å²) in [6.07, 6.45) is 1.58. The molecule has 0 bridgehead atoms. The summed E-state index contributed by atoms with van der Waals surface area (Å²) in [5.41, 5.74) is 3.07. The zero-order chi connectivity index (χ0) is 30.4. The summed E-state index contributed by atoms with van der Waals surface area (Å²) >= 11 is 2.86. The van der Waals surface area contributed by atoms with Gasteiger partial charge in [-0.2, -0.15) is 0 Å². The van der Waals surface area contributed by atoms with Crippen molar-refractivity contribution in [1.82, 2.24) is 4.90 Å². The third-order valence-electron chi connectivity index (χ3n) is 6.20. The van der Waals surface area contributed by atoms with Gasteiger partial charge in [0.25, 0.3) is 16.8 Å². The van der Waals surface area contributed by atoms with Crippen LogP contribution < -0.4 is 14.8 Å². The molecular formula is C30H28IN3O7S. The van der Waals surface area contributed by atoms with Crippen LogP contribution in [0.1, 0.15) is 43.4 Å². The van der Waals surface area contributed by atoms with Gasteiger partial charge < -0.3 is 14.8 Å². The molecule has 42 heavy (non-hydrogen) atoms. The normalized spacial score (nSPS) is 14.0. The number of rotatable bonds is 11. The van der Waals surface area contributed by atoms with Gasteiger partial charge >= 0.3 is 0 Å². The summed E-state index contributed by atoms with van der Waals surface area (Å²) in [5.74, 6) is 0.259. The minimum absolute atomic E-state index is 0.00544. The maximum atomic E-state index is 13.1. The second kappa shape index (κ2) is 13.8. The number of anilines is 1. The Balaban J connectivity index is 1.45. The number of nitro groups is 1. The van der Waals surface area contributed by atoms with Crippen molar-refractivity contribution in [2.75, 3.05) is 18.5 Å². The zero-order valence-corrected chi connectivity index (χ0v) is 26.1. The van der Waals surface area contributed by atoms with E-state index in [4.69, 9.17) is 9.47 Å². The molecule has 1 fully saturated rings. The van der Waals surface area contributed by atoms with Crippen LogP contribution in [0.15, 0.2) is 65.6 Å². The van der Waals surface area contributed by atoms with E-state index in [1.165, 1.54) is 12.1 Å². The maximum absolute atomic E-state index is 13.1. The molecule has 1 heterocycles. The van der Waals surface area contributed by atoms with Gasteiger partial charge in [0.2, 0.25) is 5.91 Å². The number of nitrogens with one attached hydrogen (secondary N) is 1. The number of non-ortho nitro benzene ring substituents is 1. The minimum atomic E-state index is -0.554. The summed E-state index contributed by atoms with van der Waals surface area (Å²) in [7, 11) is 0. The number of benzene rings is 3. The third-order valence-corrected chi connectivity index (χ3v) is 7.90. The van der Waals surface area contributed by atoms with Crippen molar-refractivity contribution in [1.29, 1.82) is 0 Å². The molecule has 1 N–H and O–H groups in total. The molecule has 10 nitrogen and oxygen atoms in total. The Morgan fingerprint density at radius 1 is 1.10 bits per heavy atom. The first-order valence-electron chi connectivity index (χ1n) is 13.0. The summed E-state index contributed by atoms with van der Waals surface area (Å²) in [6, 6.07) is 17.0. The summed E-state index contributed by atoms with van der Waals surface area (Å²) in [6.45, 7) is 6.10. The Morgan fingerprint density at radius 2 is 1.79 bits per heavy atom. The molecule has 0 aromatic heterocycles. The molecule has 0 saturated carbocycles. The molecule has 3 aromatic rings. The van der Waals surface area contributed by atoms with E-state index in [2.05, 4.69) is 41.8 Å². The molecule has 0 unspecified atom stereocenters. The molecule has 218 valence electrons. The van der Waals surface area contributed by atoms with E-state index in [9.17, 15) is 24.5 Å². The van der Waals surface area contributed by atoms with Gasteiger partial charge in [-0.3, -0.25) is 29.4 Å². The van der Waals surface area contributed by atoms with Crippen LogP contribution in [0.3, 0.4) is 0 Å². The molecule has 0 radical (unpaired) electrons. The van der Waals surface area contributed by atoms with Crippen molar-refractivity contribution in [2.45, 2.75) is 33.3 Å². The van der Waals surface area contributed by atoms with Gasteiger partial charge in [0.15, 0.2) is 11.5 Å². The lowest BCUT2D eigenvalue weighted by atomic mass is 10.0. The summed E-state index contributed by atoms with van der Waals surface area (Å²) in [4.78, 5) is 49.8. The first kappa shape index (κ1) is 31.0. The third kappa shape index (κ3) is 7.68. The zero-order valence-electron chi connectivity index (χ0n) is 23.1. The van der Waals surface area contributed by atoms with Gasteiger partial charge in [-0.15, -0.1) is 0 Å². The number of amides is 3. The molecule has 0 aliphatic carbocycles. The van der Waals surface area contributed by atoms with Gasteiger partial charge in [-0.1, -0.05) is 26.0 Å². The van der Waals surface area contributed by atoms with Gasteiger partial charge in [0, 0.05) is 17.8 Å². The second-order valence-electron chi connectivity index (χ2n) is 9.57. The van der Waals surface area contributed by atoms with Crippen LogP contribution in [-0.4, -0.2) is 40.0 Å².